The molecule has 1 amide bonds. The number of benzene rings is 2. The lowest BCUT2D eigenvalue weighted by Crippen LogP contribution is -2.33. The quantitative estimate of drug-likeness (QED) is 0.231. The fourth-order valence-electron chi connectivity index (χ4n) is 4.03. The highest BCUT2D eigenvalue weighted by Gasteiger charge is 2.20. The van der Waals surface area contributed by atoms with Gasteiger partial charge < -0.3 is 10.1 Å². The molecule has 0 fully saturated rings. The van der Waals surface area contributed by atoms with Gasteiger partial charge in [0.05, 0.1) is 0 Å². The third-order valence-electron chi connectivity index (χ3n) is 6.12. The highest BCUT2D eigenvalue weighted by Crippen LogP contribution is 2.20. The van der Waals surface area contributed by atoms with Gasteiger partial charge in [-0.15, -0.1) is 0 Å². The molecule has 3 heteroatoms. The first kappa shape index (κ1) is 27.0. The first-order valence-electron chi connectivity index (χ1n) is 13.3. The second-order valence-corrected chi connectivity index (χ2v) is 9.10. The first-order valence-corrected chi connectivity index (χ1v) is 13.3. The Bertz CT molecular complexity index is 742. The number of aryl methyl sites for hydroxylation is 1. The van der Waals surface area contributed by atoms with Crippen LogP contribution in [0.15, 0.2) is 48.5 Å². The van der Waals surface area contributed by atoms with Gasteiger partial charge >= 0.3 is 0 Å². The molecule has 0 spiro atoms. The maximum absolute atomic E-state index is 13.0. The molecule has 33 heavy (non-hydrogen) atoms. The highest BCUT2D eigenvalue weighted by atomic mass is 16.5. The standard InChI is InChI=1S/C30H44NO2/c1-3-5-7-8-9-10-11-12-13-17-21-29(30(32)31-27-19-15-14-16-20-27)33-28-24-22-26(23-25-28)18-6-4-2/h15-16,19-20,22-25,29H,3-13,17-18,21H2,1-2H3,(H,31,32). The Hall–Kier alpha value is -2.29. The van der Waals surface area contributed by atoms with Crippen LogP contribution >= 0.6 is 0 Å². The van der Waals surface area contributed by atoms with Gasteiger partial charge in [0, 0.05) is 5.69 Å². The van der Waals surface area contributed by atoms with E-state index in [9.17, 15) is 4.79 Å². The summed E-state index contributed by atoms with van der Waals surface area (Å²) in [6.45, 7) is 4.47. The van der Waals surface area contributed by atoms with Gasteiger partial charge in [0.1, 0.15) is 5.75 Å². The van der Waals surface area contributed by atoms with Crippen LogP contribution in [0.2, 0.25) is 0 Å². The number of hydrogen-bond acceptors (Lipinski definition) is 2. The van der Waals surface area contributed by atoms with Crippen molar-refractivity contribution in [2.45, 2.75) is 110 Å². The van der Waals surface area contributed by atoms with Crippen molar-refractivity contribution in [2.24, 2.45) is 0 Å². The van der Waals surface area contributed by atoms with Crippen molar-refractivity contribution in [1.82, 2.24) is 0 Å². The van der Waals surface area contributed by atoms with Gasteiger partial charge in [-0.05, 0) is 61.6 Å². The van der Waals surface area contributed by atoms with Crippen LogP contribution in [0.25, 0.3) is 0 Å². The van der Waals surface area contributed by atoms with Gasteiger partial charge in [0.15, 0.2) is 6.10 Å². The summed E-state index contributed by atoms with van der Waals surface area (Å²) < 4.78 is 6.17. The lowest BCUT2D eigenvalue weighted by molar-refractivity contribution is -0.123. The third kappa shape index (κ3) is 11.9. The van der Waals surface area contributed by atoms with Crippen molar-refractivity contribution in [2.75, 3.05) is 5.32 Å². The highest BCUT2D eigenvalue weighted by molar-refractivity contribution is 5.94. The topological polar surface area (TPSA) is 38.3 Å². The van der Waals surface area contributed by atoms with Gasteiger partial charge in [-0.25, -0.2) is 0 Å². The van der Waals surface area contributed by atoms with E-state index in [1.54, 1.807) is 0 Å². The number of carbonyl (C=O) groups is 1. The minimum atomic E-state index is -0.482. The molecule has 0 heterocycles. The van der Waals surface area contributed by atoms with Gasteiger partial charge in [-0.1, -0.05) is 102 Å². The molecule has 0 saturated carbocycles. The van der Waals surface area contributed by atoms with E-state index in [4.69, 9.17) is 4.74 Å². The lowest BCUT2D eigenvalue weighted by Gasteiger charge is -2.19. The maximum Gasteiger partial charge on any atom is 0.265 e. The fraction of sp³-hybridized carbons (Fsp3) is 0.567. The summed E-state index contributed by atoms with van der Waals surface area (Å²) in [6, 6.07) is 18.6. The first-order chi connectivity index (χ1) is 16.2. The van der Waals surface area contributed by atoms with Crippen LogP contribution in [0.1, 0.15) is 103 Å². The number of anilines is 1. The smallest absolute Gasteiger partial charge is 0.265 e. The summed E-state index contributed by atoms with van der Waals surface area (Å²) in [7, 11) is 0. The summed E-state index contributed by atoms with van der Waals surface area (Å²) in [6.07, 6.45) is 16.5. The summed E-state index contributed by atoms with van der Waals surface area (Å²) in [5.41, 5.74) is 2.10. The van der Waals surface area contributed by atoms with E-state index < -0.39 is 6.10 Å². The molecule has 0 aliphatic rings. The molecule has 1 atom stereocenters. The van der Waals surface area contributed by atoms with E-state index in [1.807, 2.05) is 36.4 Å². The van der Waals surface area contributed by atoms with Crippen LogP contribution in [0.4, 0.5) is 5.69 Å². The third-order valence-corrected chi connectivity index (χ3v) is 6.12. The predicted molar refractivity (Wildman–Crippen MR) is 140 cm³/mol. The summed E-state index contributed by atoms with van der Waals surface area (Å²) in [4.78, 5) is 13.0. The van der Waals surface area contributed by atoms with Crippen molar-refractivity contribution in [3.8, 4) is 5.75 Å². The number of hydrogen-bond donors (Lipinski definition) is 1. The average molecular weight is 451 g/mol. The van der Waals surface area contributed by atoms with Crippen molar-refractivity contribution < 1.29 is 9.53 Å². The number of unbranched alkanes of at least 4 members (excludes halogenated alkanes) is 10. The minimum Gasteiger partial charge on any atom is -0.481 e. The molecular formula is C30H44NO2. The summed E-state index contributed by atoms with van der Waals surface area (Å²) >= 11 is 0. The normalized spacial score (nSPS) is 11.8. The summed E-state index contributed by atoms with van der Waals surface area (Å²) in [5.74, 6) is 0.691. The van der Waals surface area contributed by atoms with Crippen molar-refractivity contribution >= 4 is 11.6 Å². The lowest BCUT2D eigenvalue weighted by atomic mass is 10.0. The Balaban J connectivity index is 1.81. The number of rotatable bonds is 18. The van der Waals surface area contributed by atoms with Crippen LogP contribution in [0.3, 0.4) is 0 Å². The molecule has 0 aliphatic heterocycles. The zero-order chi connectivity index (χ0) is 23.6. The molecule has 1 radical (unpaired) electrons. The molecule has 2 aromatic carbocycles. The van der Waals surface area contributed by atoms with Gasteiger partial charge in [0.25, 0.3) is 5.91 Å². The van der Waals surface area contributed by atoms with Crippen LogP contribution in [-0.4, -0.2) is 12.0 Å². The van der Waals surface area contributed by atoms with Crippen LogP contribution < -0.4 is 10.1 Å². The zero-order valence-corrected chi connectivity index (χ0v) is 20.9. The molecule has 0 bridgehead atoms. The Kier molecular flexibility index (Phi) is 14.1. The van der Waals surface area contributed by atoms with E-state index in [0.29, 0.717) is 0 Å². The SMILES string of the molecule is CCCCCCCCCCCCC(Oc1ccc(CCCC)cc1)C(=O)Nc1cc[c]cc1. The van der Waals surface area contributed by atoms with Crippen LogP contribution in [0.5, 0.6) is 5.75 Å². The maximum atomic E-state index is 13.0. The second-order valence-electron chi connectivity index (χ2n) is 9.10. The molecule has 2 aromatic rings. The molecule has 2 rings (SSSR count). The average Bonchev–Trinajstić information content (AvgIpc) is 2.84. The monoisotopic (exact) mass is 450 g/mol. The van der Waals surface area contributed by atoms with Gasteiger partial charge in [0.2, 0.25) is 0 Å². The molecule has 181 valence electrons. The molecule has 0 aliphatic carbocycles. The number of ether oxygens (including phenoxy) is 1. The molecule has 3 nitrogen and oxygen atoms in total. The van der Waals surface area contributed by atoms with Crippen molar-refractivity contribution in [3.05, 3.63) is 60.2 Å². The number of nitrogens with one attached hydrogen (secondary N) is 1. The van der Waals surface area contributed by atoms with E-state index in [2.05, 4.69) is 37.4 Å². The van der Waals surface area contributed by atoms with E-state index in [1.165, 1.54) is 69.8 Å². The van der Waals surface area contributed by atoms with Crippen molar-refractivity contribution in [1.29, 1.82) is 0 Å². The Morgan fingerprint density at radius 3 is 1.97 bits per heavy atom. The predicted octanol–water partition coefficient (Wildman–Crippen LogP) is 8.53. The molecule has 1 unspecified atom stereocenters. The van der Waals surface area contributed by atoms with E-state index in [0.717, 1.165) is 37.1 Å². The van der Waals surface area contributed by atoms with Crippen molar-refractivity contribution in [3.63, 3.8) is 0 Å². The largest absolute Gasteiger partial charge is 0.481 e. The Labute approximate surface area is 202 Å². The molecule has 1 N–H and O–H groups in total. The molecule has 0 saturated heterocycles. The van der Waals surface area contributed by atoms with Gasteiger partial charge in [-0.3, -0.25) is 4.79 Å². The summed E-state index contributed by atoms with van der Waals surface area (Å²) in [5, 5.41) is 3.00. The number of amides is 1. The van der Waals surface area contributed by atoms with Gasteiger partial charge in [-0.2, -0.15) is 0 Å². The van der Waals surface area contributed by atoms with Crippen LogP contribution in [-0.2, 0) is 11.2 Å². The molecular weight excluding hydrogens is 406 g/mol. The fourth-order valence-corrected chi connectivity index (χ4v) is 4.03. The Morgan fingerprint density at radius 2 is 1.36 bits per heavy atom. The number of carbonyl (C=O) groups excluding carboxylic acids is 1. The minimum absolute atomic E-state index is 0.0767. The second kappa shape index (κ2) is 17.2. The molecule has 0 aromatic heterocycles. The van der Waals surface area contributed by atoms with Crippen LogP contribution in [0, 0.1) is 6.07 Å². The zero-order valence-electron chi connectivity index (χ0n) is 20.9. The van der Waals surface area contributed by atoms with E-state index >= 15 is 0 Å². The Morgan fingerprint density at radius 1 is 0.788 bits per heavy atom. The van der Waals surface area contributed by atoms with E-state index in [-0.39, 0.29) is 5.91 Å².